The zero-order chi connectivity index (χ0) is 12.6. The number of benzene rings is 1. The minimum atomic E-state index is 0.711. The van der Waals surface area contributed by atoms with Gasteiger partial charge in [0.2, 0.25) is 0 Å². The molecule has 1 aromatic carbocycles. The predicted octanol–water partition coefficient (Wildman–Crippen LogP) is 2.18. The van der Waals surface area contributed by atoms with Crippen molar-refractivity contribution in [2.75, 3.05) is 33.4 Å². The molecule has 0 heterocycles. The highest BCUT2D eigenvalue weighted by molar-refractivity contribution is 5.37. The number of fused-ring (bicyclic) bond motifs is 1. The van der Waals surface area contributed by atoms with Gasteiger partial charge < -0.3 is 14.8 Å². The second-order valence-electron chi connectivity index (χ2n) is 4.73. The van der Waals surface area contributed by atoms with Crippen molar-refractivity contribution in [2.24, 2.45) is 0 Å². The fourth-order valence-corrected chi connectivity index (χ4v) is 2.34. The van der Waals surface area contributed by atoms with Crippen molar-refractivity contribution in [2.45, 2.75) is 25.7 Å². The predicted molar refractivity (Wildman–Crippen MR) is 73.3 cm³/mol. The monoisotopic (exact) mass is 249 g/mol. The molecule has 0 unspecified atom stereocenters. The Morgan fingerprint density at radius 1 is 1.06 bits per heavy atom. The molecule has 0 aromatic heterocycles. The van der Waals surface area contributed by atoms with Crippen LogP contribution in [0.4, 0.5) is 0 Å². The lowest BCUT2D eigenvalue weighted by Crippen LogP contribution is -2.24. The van der Waals surface area contributed by atoms with E-state index in [2.05, 4.69) is 23.5 Å². The van der Waals surface area contributed by atoms with Crippen LogP contribution in [0, 0.1) is 0 Å². The average Bonchev–Trinajstić information content (AvgIpc) is 2.42. The molecular formula is C15H23NO2. The summed E-state index contributed by atoms with van der Waals surface area (Å²) < 4.78 is 10.7. The molecule has 0 saturated heterocycles. The van der Waals surface area contributed by atoms with Gasteiger partial charge in [0, 0.05) is 20.2 Å². The van der Waals surface area contributed by atoms with E-state index in [1.54, 1.807) is 7.11 Å². The molecular weight excluding hydrogens is 226 g/mol. The van der Waals surface area contributed by atoms with Gasteiger partial charge in [-0.2, -0.15) is 0 Å². The van der Waals surface area contributed by atoms with E-state index < -0.39 is 0 Å². The maximum absolute atomic E-state index is 5.75. The van der Waals surface area contributed by atoms with Crippen LogP contribution in [0.1, 0.15) is 24.0 Å². The van der Waals surface area contributed by atoms with Gasteiger partial charge in [0.05, 0.1) is 6.61 Å². The summed E-state index contributed by atoms with van der Waals surface area (Å²) >= 11 is 0. The van der Waals surface area contributed by atoms with Crippen LogP contribution in [0.3, 0.4) is 0 Å². The fourth-order valence-electron chi connectivity index (χ4n) is 2.34. The van der Waals surface area contributed by atoms with E-state index in [-0.39, 0.29) is 0 Å². The number of hydrogen-bond acceptors (Lipinski definition) is 3. The summed E-state index contributed by atoms with van der Waals surface area (Å²) in [5.74, 6) is 1.00. The minimum Gasteiger partial charge on any atom is -0.492 e. The summed E-state index contributed by atoms with van der Waals surface area (Å²) in [5, 5.41) is 3.27. The van der Waals surface area contributed by atoms with Crippen LogP contribution in [0.5, 0.6) is 5.75 Å². The Morgan fingerprint density at radius 2 is 1.83 bits per heavy atom. The first kappa shape index (κ1) is 13.4. The minimum absolute atomic E-state index is 0.711. The molecule has 1 aliphatic carbocycles. The van der Waals surface area contributed by atoms with E-state index in [1.807, 2.05) is 0 Å². The highest BCUT2D eigenvalue weighted by Gasteiger charge is 2.09. The van der Waals surface area contributed by atoms with Gasteiger partial charge in [-0.15, -0.1) is 0 Å². The SMILES string of the molecule is COCCNCCOc1ccc2c(c1)CCCC2. The molecule has 0 spiro atoms. The second-order valence-corrected chi connectivity index (χ2v) is 4.73. The number of rotatable bonds is 7. The Balaban J connectivity index is 1.72. The van der Waals surface area contributed by atoms with E-state index in [4.69, 9.17) is 9.47 Å². The number of hydrogen-bond donors (Lipinski definition) is 1. The quantitative estimate of drug-likeness (QED) is 0.751. The van der Waals surface area contributed by atoms with Gasteiger partial charge in [-0.1, -0.05) is 6.07 Å². The van der Waals surface area contributed by atoms with E-state index in [0.717, 1.165) is 25.4 Å². The molecule has 0 bridgehead atoms. The summed E-state index contributed by atoms with van der Waals surface area (Å²) in [7, 11) is 1.71. The van der Waals surface area contributed by atoms with Crippen LogP contribution < -0.4 is 10.1 Å². The maximum atomic E-state index is 5.75. The average molecular weight is 249 g/mol. The summed E-state index contributed by atoms with van der Waals surface area (Å²) in [6, 6.07) is 6.53. The Bertz CT molecular complexity index is 366. The van der Waals surface area contributed by atoms with Crippen LogP contribution in [-0.4, -0.2) is 33.4 Å². The first-order chi connectivity index (χ1) is 8.90. The summed E-state index contributed by atoms with van der Waals surface area (Å²) in [6.07, 6.45) is 5.08. The number of methoxy groups -OCH3 is 1. The highest BCUT2D eigenvalue weighted by atomic mass is 16.5. The van der Waals surface area contributed by atoms with Gasteiger partial charge >= 0.3 is 0 Å². The van der Waals surface area contributed by atoms with Crippen molar-refractivity contribution in [3.8, 4) is 5.75 Å². The standard InChI is InChI=1S/C15H23NO2/c1-17-10-8-16-9-11-18-15-7-6-13-4-2-3-5-14(13)12-15/h6-7,12,16H,2-5,8-11H2,1H3. The molecule has 1 aliphatic rings. The molecule has 0 amide bonds. The molecule has 0 saturated carbocycles. The third-order valence-electron chi connectivity index (χ3n) is 3.35. The van der Waals surface area contributed by atoms with E-state index in [9.17, 15) is 0 Å². The van der Waals surface area contributed by atoms with Crippen LogP contribution >= 0.6 is 0 Å². The lowest BCUT2D eigenvalue weighted by molar-refractivity contribution is 0.197. The fraction of sp³-hybridized carbons (Fsp3) is 0.600. The zero-order valence-corrected chi connectivity index (χ0v) is 11.2. The highest BCUT2D eigenvalue weighted by Crippen LogP contribution is 2.25. The van der Waals surface area contributed by atoms with E-state index in [0.29, 0.717) is 6.61 Å². The molecule has 2 rings (SSSR count). The van der Waals surface area contributed by atoms with Crippen molar-refractivity contribution in [3.63, 3.8) is 0 Å². The van der Waals surface area contributed by atoms with Crippen molar-refractivity contribution in [3.05, 3.63) is 29.3 Å². The smallest absolute Gasteiger partial charge is 0.119 e. The Morgan fingerprint density at radius 3 is 2.67 bits per heavy atom. The Labute approximate surface area is 109 Å². The summed E-state index contributed by atoms with van der Waals surface area (Å²) in [6.45, 7) is 3.20. The molecule has 18 heavy (non-hydrogen) atoms. The first-order valence-electron chi connectivity index (χ1n) is 6.84. The molecule has 3 nitrogen and oxygen atoms in total. The Kier molecular flexibility index (Phi) is 5.49. The molecule has 0 radical (unpaired) electrons. The van der Waals surface area contributed by atoms with Crippen LogP contribution in [0.25, 0.3) is 0 Å². The largest absolute Gasteiger partial charge is 0.492 e. The molecule has 0 atom stereocenters. The zero-order valence-electron chi connectivity index (χ0n) is 11.2. The van der Waals surface area contributed by atoms with Gasteiger partial charge in [-0.25, -0.2) is 0 Å². The van der Waals surface area contributed by atoms with Gasteiger partial charge in [-0.3, -0.25) is 0 Å². The topological polar surface area (TPSA) is 30.5 Å². The van der Waals surface area contributed by atoms with Gasteiger partial charge in [0.25, 0.3) is 0 Å². The summed E-state index contributed by atoms with van der Waals surface area (Å²) in [5.41, 5.74) is 2.98. The van der Waals surface area contributed by atoms with Gasteiger partial charge in [-0.05, 0) is 48.9 Å². The maximum Gasteiger partial charge on any atom is 0.119 e. The number of nitrogens with one attached hydrogen (secondary N) is 1. The van der Waals surface area contributed by atoms with Crippen molar-refractivity contribution >= 4 is 0 Å². The molecule has 0 fully saturated rings. The molecule has 1 N–H and O–H groups in total. The van der Waals surface area contributed by atoms with Crippen molar-refractivity contribution in [1.29, 1.82) is 0 Å². The molecule has 100 valence electrons. The Hall–Kier alpha value is -1.06. The normalized spacial score (nSPS) is 14.3. The first-order valence-corrected chi connectivity index (χ1v) is 6.84. The third kappa shape index (κ3) is 4.00. The molecule has 1 aromatic rings. The molecule has 0 aliphatic heterocycles. The lowest BCUT2D eigenvalue weighted by atomic mass is 9.92. The summed E-state index contributed by atoms with van der Waals surface area (Å²) in [4.78, 5) is 0. The molecule has 3 heteroatoms. The van der Waals surface area contributed by atoms with E-state index >= 15 is 0 Å². The van der Waals surface area contributed by atoms with Crippen LogP contribution in [-0.2, 0) is 17.6 Å². The number of ether oxygens (including phenoxy) is 2. The lowest BCUT2D eigenvalue weighted by Gasteiger charge is -2.16. The van der Waals surface area contributed by atoms with Gasteiger partial charge in [0.1, 0.15) is 12.4 Å². The van der Waals surface area contributed by atoms with Crippen LogP contribution in [0.15, 0.2) is 18.2 Å². The van der Waals surface area contributed by atoms with E-state index in [1.165, 1.54) is 36.8 Å². The van der Waals surface area contributed by atoms with Crippen LogP contribution in [0.2, 0.25) is 0 Å². The van der Waals surface area contributed by atoms with Crippen molar-refractivity contribution < 1.29 is 9.47 Å². The number of aryl methyl sites for hydroxylation is 2. The van der Waals surface area contributed by atoms with Gasteiger partial charge in [0.15, 0.2) is 0 Å². The third-order valence-corrected chi connectivity index (χ3v) is 3.35. The second kappa shape index (κ2) is 7.39. The van der Waals surface area contributed by atoms with Crippen molar-refractivity contribution in [1.82, 2.24) is 5.32 Å².